The quantitative estimate of drug-likeness (QED) is 0.886. The summed E-state index contributed by atoms with van der Waals surface area (Å²) in [6, 6.07) is 11.6. The first-order valence-electron chi connectivity index (χ1n) is 6.50. The number of rotatable bonds is 2. The van der Waals surface area contributed by atoms with Crippen molar-refractivity contribution in [1.82, 2.24) is 4.98 Å². The number of aromatic nitrogens is 1. The molecule has 1 aliphatic rings. The molecule has 0 radical (unpaired) electrons. The van der Waals surface area contributed by atoms with Crippen molar-refractivity contribution < 1.29 is 4.79 Å². The number of carbonyl (C=O) groups is 1. The van der Waals surface area contributed by atoms with E-state index < -0.39 is 0 Å². The summed E-state index contributed by atoms with van der Waals surface area (Å²) >= 11 is 3.39. The fourth-order valence-corrected chi connectivity index (χ4v) is 2.78. The largest absolute Gasteiger partial charge is 0.385 e. The van der Waals surface area contributed by atoms with E-state index in [4.69, 9.17) is 0 Å². The van der Waals surface area contributed by atoms with E-state index in [-0.39, 0.29) is 11.8 Å². The van der Waals surface area contributed by atoms with Gasteiger partial charge in [0.2, 0.25) is 5.91 Å². The SMILES string of the molecule is O=C(Nc1ncccc1Br)C1CCNc2ccccc21. The minimum absolute atomic E-state index is 0.0154. The minimum atomic E-state index is -0.138. The molecule has 3 rings (SSSR count). The second-order valence-corrected chi connectivity index (χ2v) is 5.53. The highest BCUT2D eigenvalue weighted by Gasteiger charge is 2.26. The number of fused-ring (bicyclic) bond motifs is 1. The Kier molecular flexibility index (Phi) is 3.69. The molecule has 0 bridgehead atoms. The van der Waals surface area contributed by atoms with Gasteiger partial charge in [-0.05, 0) is 46.1 Å². The average Bonchev–Trinajstić information content (AvgIpc) is 2.49. The summed E-state index contributed by atoms with van der Waals surface area (Å²) in [7, 11) is 0. The fraction of sp³-hybridized carbons (Fsp3) is 0.200. The fourth-order valence-electron chi connectivity index (χ4n) is 2.42. The molecule has 5 heteroatoms. The predicted octanol–water partition coefficient (Wildman–Crippen LogP) is 3.38. The van der Waals surface area contributed by atoms with E-state index in [1.807, 2.05) is 36.4 Å². The van der Waals surface area contributed by atoms with Crippen molar-refractivity contribution >= 4 is 33.3 Å². The van der Waals surface area contributed by atoms with Gasteiger partial charge in [-0.25, -0.2) is 4.98 Å². The molecule has 1 unspecified atom stereocenters. The van der Waals surface area contributed by atoms with Gasteiger partial charge in [-0.2, -0.15) is 0 Å². The van der Waals surface area contributed by atoms with Gasteiger partial charge >= 0.3 is 0 Å². The molecule has 0 fully saturated rings. The number of hydrogen-bond donors (Lipinski definition) is 2. The third-order valence-electron chi connectivity index (χ3n) is 3.40. The Morgan fingerprint density at radius 1 is 1.30 bits per heavy atom. The number of carbonyl (C=O) groups excluding carboxylic acids is 1. The van der Waals surface area contributed by atoms with Crippen LogP contribution in [0.15, 0.2) is 47.1 Å². The molecule has 2 aromatic rings. The molecule has 4 nitrogen and oxygen atoms in total. The molecule has 0 saturated carbocycles. The van der Waals surface area contributed by atoms with Crippen LogP contribution in [0.1, 0.15) is 17.9 Å². The van der Waals surface area contributed by atoms with Gasteiger partial charge < -0.3 is 10.6 Å². The van der Waals surface area contributed by atoms with Crippen molar-refractivity contribution in [3.63, 3.8) is 0 Å². The van der Waals surface area contributed by atoms with Gasteiger partial charge in [0.15, 0.2) is 0 Å². The molecule has 0 aliphatic carbocycles. The zero-order chi connectivity index (χ0) is 13.9. The highest BCUT2D eigenvalue weighted by molar-refractivity contribution is 9.10. The summed E-state index contributed by atoms with van der Waals surface area (Å²) < 4.78 is 0.788. The summed E-state index contributed by atoms with van der Waals surface area (Å²) in [5.74, 6) is 0.410. The summed E-state index contributed by atoms with van der Waals surface area (Å²) in [6.45, 7) is 0.804. The standard InChI is InChI=1S/C15H14BrN3O/c16-12-5-3-8-18-14(12)19-15(20)11-7-9-17-13-6-2-1-4-10(11)13/h1-6,8,11,17H,7,9H2,(H,18,19,20). The highest BCUT2D eigenvalue weighted by atomic mass is 79.9. The number of nitrogens with zero attached hydrogens (tertiary/aromatic N) is 1. The van der Waals surface area contributed by atoms with Crippen molar-refractivity contribution in [3.8, 4) is 0 Å². The van der Waals surface area contributed by atoms with Crippen LogP contribution in [0.5, 0.6) is 0 Å². The molecule has 1 aliphatic heterocycles. The first-order chi connectivity index (χ1) is 9.75. The van der Waals surface area contributed by atoms with Gasteiger partial charge in [-0.3, -0.25) is 4.79 Å². The van der Waals surface area contributed by atoms with Crippen molar-refractivity contribution in [2.24, 2.45) is 0 Å². The van der Waals surface area contributed by atoms with E-state index in [1.165, 1.54) is 0 Å². The molecule has 2 N–H and O–H groups in total. The van der Waals surface area contributed by atoms with Crippen LogP contribution in [0, 0.1) is 0 Å². The van der Waals surface area contributed by atoms with E-state index in [2.05, 4.69) is 31.5 Å². The maximum Gasteiger partial charge on any atom is 0.233 e. The van der Waals surface area contributed by atoms with E-state index in [1.54, 1.807) is 6.20 Å². The van der Waals surface area contributed by atoms with Crippen molar-refractivity contribution in [3.05, 3.63) is 52.6 Å². The molecule has 2 heterocycles. The zero-order valence-electron chi connectivity index (χ0n) is 10.8. The maximum atomic E-state index is 12.5. The number of anilines is 2. The minimum Gasteiger partial charge on any atom is -0.385 e. The molecule has 1 aromatic carbocycles. The van der Waals surface area contributed by atoms with Crippen LogP contribution >= 0.6 is 15.9 Å². The van der Waals surface area contributed by atoms with E-state index >= 15 is 0 Å². The molecule has 0 saturated heterocycles. The molecule has 1 amide bonds. The van der Waals surface area contributed by atoms with Gasteiger partial charge in [0.25, 0.3) is 0 Å². The Balaban J connectivity index is 1.84. The summed E-state index contributed by atoms with van der Waals surface area (Å²) in [5.41, 5.74) is 2.09. The number of halogens is 1. The summed E-state index contributed by atoms with van der Waals surface area (Å²) in [4.78, 5) is 16.7. The molecular weight excluding hydrogens is 318 g/mol. The van der Waals surface area contributed by atoms with Crippen LogP contribution in [0.2, 0.25) is 0 Å². The monoisotopic (exact) mass is 331 g/mol. The van der Waals surface area contributed by atoms with Crippen molar-refractivity contribution in [1.29, 1.82) is 0 Å². The average molecular weight is 332 g/mol. The summed E-state index contributed by atoms with van der Waals surface area (Å²) in [6.07, 6.45) is 2.45. The van der Waals surface area contributed by atoms with Gasteiger partial charge in [-0.15, -0.1) is 0 Å². The van der Waals surface area contributed by atoms with E-state index in [9.17, 15) is 4.79 Å². The lowest BCUT2D eigenvalue weighted by Gasteiger charge is -2.25. The highest BCUT2D eigenvalue weighted by Crippen LogP contribution is 2.32. The Hall–Kier alpha value is -1.88. The molecule has 1 atom stereocenters. The van der Waals surface area contributed by atoms with Gasteiger partial charge in [0.1, 0.15) is 5.82 Å². The smallest absolute Gasteiger partial charge is 0.233 e. The maximum absolute atomic E-state index is 12.5. The summed E-state index contributed by atoms with van der Waals surface area (Å²) in [5, 5.41) is 6.21. The Labute approximate surface area is 125 Å². The van der Waals surface area contributed by atoms with Crippen molar-refractivity contribution in [2.75, 3.05) is 17.2 Å². The third-order valence-corrected chi connectivity index (χ3v) is 4.04. The van der Waals surface area contributed by atoms with Gasteiger partial charge in [-0.1, -0.05) is 18.2 Å². The van der Waals surface area contributed by atoms with Crippen molar-refractivity contribution in [2.45, 2.75) is 12.3 Å². The Bertz CT molecular complexity index is 645. The van der Waals surface area contributed by atoms with E-state index in [0.717, 1.165) is 28.7 Å². The number of para-hydroxylation sites is 1. The van der Waals surface area contributed by atoms with Gasteiger partial charge in [0, 0.05) is 18.4 Å². The van der Waals surface area contributed by atoms with Crippen LogP contribution < -0.4 is 10.6 Å². The van der Waals surface area contributed by atoms with Crippen LogP contribution in [0.25, 0.3) is 0 Å². The molecule has 1 aromatic heterocycles. The molecule has 102 valence electrons. The number of nitrogens with one attached hydrogen (secondary N) is 2. The lowest BCUT2D eigenvalue weighted by Crippen LogP contribution is -2.27. The molecule has 0 spiro atoms. The normalized spacial score (nSPS) is 16.9. The number of benzene rings is 1. The number of pyridine rings is 1. The van der Waals surface area contributed by atoms with Crippen LogP contribution in [-0.2, 0) is 4.79 Å². The Morgan fingerprint density at radius 2 is 2.15 bits per heavy atom. The zero-order valence-corrected chi connectivity index (χ0v) is 12.4. The van der Waals surface area contributed by atoms with Crippen LogP contribution in [0.4, 0.5) is 11.5 Å². The molecule has 20 heavy (non-hydrogen) atoms. The predicted molar refractivity (Wildman–Crippen MR) is 82.9 cm³/mol. The van der Waals surface area contributed by atoms with Crippen LogP contribution in [-0.4, -0.2) is 17.4 Å². The second kappa shape index (κ2) is 5.63. The lowest BCUT2D eigenvalue weighted by molar-refractivity contribution is -0.117. The third kappa shape index (κ3) is 2.54. The first kappa shape index (κ1) is 13.1. The number of amides is 1. The first-order valence-corrected chi connectivity index (χ1v) is 7.29. The Morgan fingerprint density at radius 3 is 3.00 bits per heavy atom. The second-order valence-electron chi connectivity index (χ2n) is 4.68. The topological polar surface area (TPSA) is 54.0 Å². The van der Waals surface area contributed by atoms with E-state index in [0.29, 0.717) is 5.82 Å². The number of hydrogen-bond acceptors (Lipinski definition) is 3. The molecular formula is C15H14BrN3O. The lowest BCUT2D eigenvalue weighted by atomic mass is 9.90. The van der Waals surface area contributed by atoms with Gasteiger partial charge in [0.05, 0.1) is 10.4 Å². The van der Waals surface area contributed by atoms with Crippen LogP contribution in [0.3, 0.4) is 0 Å².